The number of hydrogen-bond donors (Lipinski definition) is 3. The van der Waals surface area contributed by atoms with E-state index in [1.54, 1.807) is 43.3 Å². The van der Waals surface area contributed by atoms with Crippen molar-refractivity contribution in [2.75, 3.05) is 11.9 Å². The van der Waals surface area contributed by atoms with Gasteiger partial charge in [-0.05, 0) is 37.3 Å². The van der Waals surface area contributed by atoms with Gasteiger partial charge in [0.05, 0.1) is 23.4 Å². The Morgan fingerprint density at radius 1 is 1.29 bits per heavy atom. The zero-order valence-corrected chi connectivity index (χ0v) is 12.9. The van der Waals surface area contributed by atoms with E-state index in [1.807, 2.05) is 0 Å². The Kier molecular flexibility index (Phi) is 4.11. The second-order valence-corrected chi connectivity index (χ2v) is 4.98. The number of rotatable bonds is 5. The van der Waals surface area contributed by atoms with Gasteiger partial charge in [0.2, 0.25) is 0 Å². The summed E-state index contributed by atoms with van der Waals surface area (Å²) in [5.41, 5.74) is 7.66. The molecular weight excluding hydrogens is 310 g/mol. The zero-order valence-electron chi connectivity index (χ0n) is 12.9. The first-order valence-corrected chi connectivity index (χ1v) is 7.28. The molecule has 0 saturated heterocycles. The zero-order chi connectivity index (χ0) is 17.1. The summed E-state index contributed by atoms with van der Waals surface area (Å²) in [4.78, 5) is 24.0. The van der Waals surface area contributed by atoms with E-state index in [9.17, 15) is 9.59 Å². The molecule has 0 aliphatic carbocycles. The van der Waals surface area contributed by atoms with Crippen molar-refractivity contribution in [2.24, 2.45) is 5.73 Å². The van der Waals surface area contributed by atoms with E-state index in [4.69, 9.17) is 10.5 Å². The molecular formula is C16H15N5O3. The molecule has 0 radical (unpaired) electrons. The number of amides is 2. The number of fused-ring (bicyclic) bond motifs is 1. The molecule has 0 atom stereocenters. The van der Waals surface area contributed by atoms with Gasteiger partial charge in [-0.15, -0.1) is 5.10 Å². The van der Waals surface area contributed by atoms with E-state index < -0.39 is 5.91 Å². The average Bonchev–Trinajstić information content (AvgIpc) is 3.03. The van der Waals surface area contributed by atoms with Crippen molar-refractivity contribution in [1.82, 2.24) is 15.4 Å². The monoisotopic (exact) mass is 325 g/mol. The third kappa shape index (κ3) is 2.89. The van der Waals surface area contributed by atoms with E-state index in [0.29, 0.717) is 23.4 Å². The van der Waals surface area contributed by atoms with Gasteiger partial charge < -0.3 is 15.8 Å². The molecule has 0 aliphatic rings. The normalized spacial score (nSPS) is 10.5. The molecule has 0 spiro atoms. The van der Waals surface area contributed by atoms with Gasteiger partial charge in [-0.2, -0.15) is 0 Å². The van der Waals surface area contributed by atoms with Gasteiger partial charge in [0.15, 0.2) is 5.75 Å². The number of H-pyrrole nitrogens is 1. The van der Waals surface area contributed by atoms with Crippen molar-refractivity contribution in [3.63, 3.8) is 0 Å². The first-order chi connectivity index (χ1) is 11.6. The number of aromatic amines is 1. The summed E-state index contributed by atoms with van der Waals surface area (Å²) in [6.45, 7) is 2.11. The second kappa shape index (κ2) is 6.37. The van der Waals surface area contributed by atoms with Gasteiger partial charge in [0.25, 0.3) is 11.8 Å². The van der Waals surface area contributed by atoms with Crippen LogP contribution in [0.5, 0.6) is 5.75 Å². The lowest BCUT2D eigenvalue weighted by Gasteiger charge is -2.14. The van der Waals surface area contributed by atoms with Gasteiger partial charge in [0.1, 0.15) is 5.52 Å². The molecule has 3 rings (SSSR count). The van der Waals surface area contributed by atoms with Crippen LogP contribution in [-0.4, -0.2) is 33.8 Å². The Labute approximate surface area is 137 Å². The van der Waals surface area contributed by atoms with E-state index in [2.05, 4.69) is 20.7 Å². The maximum Gasteiger partial charge on any atom is 0.255 e. The highest BCUT2D eigenvalue weighted by molar-refractivity contribution is 6.08. The van der Waals surface area contributed by atoms with Gasteiger partial charge in [-0.3, -0.25) is 14.7 Å². The number of hydrogen-bond acceptors (Lipinski definition) is 5. The van der Waals surface area contributed by atoms with Crippen molar-refractivity contribution in [2.45, 2.75) is 6.92 Å². The predicted octanol–water partition coefficient (Wildman–Crippen LogP) is 1.71. The van der Waals surface area contributed by atoms with E-state index in [0.717, 1.165) is 5.52 Å². The second-order valence-electron chi connectivity index (χ2n) is 4.98. The van der Waals surface area contributed by atoms with Crippen molar-refractivity contribution in [3.8, 4) is 5.75 Å². The quantitative estimate of drug-likeness (QED) is 0.659. The van der Waals surface area contributed by atoms with E-state index in [-0.39, 0.29) is 17.2 Å². The number of benzene rings is 2. The fourth-order valence-electron chi connectivity index (χ4n) is 2.31. The molecule has 0 aliphatic heterocycles. The summed E-state index contributed by atoms with van der Waals surface area (Å²) in [5.74, 6) is -0.732. The Morgan fingerprint density at radius 2 is 2.12 bits per heavy atom. The highest BCUT2D eigenvalue weighted by atomic mass is 16.5. The van der Waals surface area contributed by atoms with Crippen molar-refractivity contribution in [1.29, 1.82) is 0 Å². The number of primary amides is 1. The molecule has 1 heterocycles. The summed E-state index contributed by atoms with van der Waals surface area (Å²) in [6, 6.07) is 9.79. The number of para-hydroxylation sites is 1. The third-order valence-electron chi connectivity index (χ3n) is 3.41. The number of ether oxygens (including phenoxy) is 1. The minimum atomic E-state index is -0.626. The van der Waals surface area contributed by atoms with Crippen LogP contribution in [-0.2, 0) is 0 Å². The molecule has 0 saturated carbocycles. The van der Waals surface area contributed by atoms with E-state index >= 15 is 0 Å². The summed E-state index contributed by atoms with van der Waals surface area (Å²) in [6.07, 6.45) is 0. The van der Waals surface area contributed by atoms with Crippen LogP contribution in [0.15, 0.2) is 36.4 Å². The number of nitrogens with one attached hydrogen (secondary N) is 2. The van der Waals surface area contributed by atoms with Crippen LogP contribution in [0, 0.1) is 0 Å². The fraction of sp³-hybridized carbons (Fsp3) is 0.125. The van der Waals surface area contributed by atoms with Crippen LogP contribution in [0.2, 0.25) is 0 Å². The Hall–Kier alpha value is -3.42. The molecule has 8 nitrogen and oxygen atoms in total. The largest absolute Gasteiger partial charge is 0.491 e. The summed E-state index contributed by atoms with van der Waals surface area (Å²) in [7, 11) is 0. The summed E-state index contributed by atoms with van der Waals surface area (Å²) >= 11 is 0. The van der Waals surface area contributed by atoms with Crippen molar-refractivity contribution < 1.29 is 14.3 Å². The molecule has 0 fully saturated rings. The minimum Gasteiger partial charge on any atom is -0.491 e. The lowest BCUT2D eigenvalue weighted by atomic mass is 10.1. The Bertz CT molecular complexity index is 919. The van der Waals surface area contributed by atoms with Gasteiger partial charge in [-0.1, -0.05) is 11.3 Å². The predicted molar refractivity (Wildman–Crippen MR) is 88.0 cm³/mol. The molecule has 122 valence electrons. The molecule has 3 aromatic rings. The maximum atomic E-state index is 12.5. The first-order valence-electron chi connectivity index (χ1n) is 7.28. The molecule has 4 N–H and O–H groups in total. The SMILES string of the molecule is CCOc1c(NC(=O)c2ccc3[nH]nnc3c2)cccc1C(N)=O. The summed E-state index contributed by atoms with van der Waals surface area (Å²) in [5, 5.41) is 13.0. The average molecular weight is 325 g/mol. The smallest absolute Gasteiger partial charge is 0.255 e. The van der Waals surface area contributed by atoms with Crippen LogP contribution < -0.4 is 15.8 Å². The molecule has 2 aromatic carbocycles. The van der Waals surface area contributed by atoms with Crippen LogP contribution in [0.3, 0.4) is 0 Å². The molecule has 0 unspecified atom stereocenters. The number of carbonyl (C=O) groups excluding carboxylic acids is 2. The van der Waals surface area contributed by atoms with Crippen molar-refractivity contribution in [3.05, 3.63) is 47.5 Å². The highest BCUT2D eigenvalue weighted by Crippen LogP contribution is 2.29. The summed E-state index contributed by atoms with van der Waals surface area (Å²) < 4.78 is 5.48. The molecule has 8 heteroatoms. The molecule has 2 amide bonds. The lowest BCUT2D eigenvalue weighted by Crippen LogP contribution is -2.17. The Morgan fingerprint density at radius 3 is 2.88 bits per heavy atom. The van der Waals surface area contributed by atoms with Gasteiger partial charge in [0, 0.05) is 5.56 Å². The molecule has 1 aromatic heterocycles. The molecule has 0 bridgehead atoms. The number of carbonyl (C=O) groups is 2. The number of anilines is 1. The number of nitrogens with zero attached hydrogens (tertiary/aromatic N) is 2. The highest BCUT2D eigenvalue weighted by Gasteiger charge is 2.16. The van der Waals surface area contributed by atoms with Gasteiger partial charge in [-0.25, -0.2) is 0 Å². The number of aromatic nitrogens is 3. The van der Waals surface area contributed by atoms with Gasteiger partial charge >= 0.3 is 0 Å². The standard InChI is InChI=1S/C16H15N5O3/c1-2-24-14-10(15(17)22)4-3-5-12(14)18-16(23)9-6-7-11-13(8-9)20-21-19-11/h3-8H,2H2,1H3,(H2,17,22)(H,18,23)(H,19,20,21). The first kappa shape index (κ1) is 15.5. The minimum absolute atomic E-state index is 0.210. The topological polar surface area (TPSA) is 123 Å². The maximum absolute atomic E-state index is 12.5. The number of nitrogens with two attached hydrogens (primary N) is 1. The molecule has 24 heavy (non-hydrogen) atoms. The van der Waals surface area contributed by atoms with Crippen LogP contribution in [0.1, 0.15) is 27.6 Å². The third-order valence-corrected chi connectivity index (χ3v) is 3.41. The lowest BCUT2D eigenvalue weighted by molar-refractivity contribution is 0.0992. The fourth-order valence-corrected chi connectivity index (χ4v) is 2.31. The Balaban J connectivity index is 1.93. The van der Waals surface area contributed by atoms with E-state index in [1.165, 1.54) is 0 Å². The van der Waals surface area contributed by atoms with Crippen LogP contribution in [0.4, 0.5) is 5.69 Å². The van der Waals surface area contributed by atoms with Crippen molar-refractivity contribution >= 4 is 28.5 Å². The van der Waals surface area contributed by atoms with Crippen LogP contribution in [0.25, 0.3) is 11.0 Å². The van der Waals surface area contributed by atoms with Crippen LogP contribution >= 0.6 is 0 Å².